The first-order valence-corrected chi connectivity index (χ1v) is 14.6. The summed E-state index contributed by atoms with van der Waals surface area (Å²) in [4.78, 5) is 29.8. The zero-order valence-electron chi connectivity index (χ0n) is 22.3. The van der Waals surface area contributed by atoms with Crippen LogP contribution in [0.5, 0.6) is 11.8 Å². The molecule has 9 nitrogen and oxygen atoms in total. The van der Waals surface area contributed by atoms with E-state index in [0.717, 1.165) is 53.5 Å². The number of hydrogen-bond donors (Lipinski definition) is 0. The second kappa shape index (κ2) is 10.6. The summed E-state index contributed by atoms with van der Waals surface area (Å²) in [5, 5.41) is 11.5. The van der Waals surface area contributed by atoms with Crippen molar-refractivity contribution in [2.24, 2.45) is 0 Å². The van der Waals surface area contributed by atoms with Crippen molar-refractivity contribution < 1.29 is 14.3 Å². The number of piperazine rings is 1. The van der Waals surface area contributed by atoms with Crippen LogP contribution < -0.4 is 14.4 Å². The SMILES string of the molecule is C=CC(=O)N1CCN(c2nc(OCC3CCCN3C)nc3c2CCC2(C=Cc4sccc4O2)C3)CC1CC#N. The molecular formula is C29H34N6O3S. The number of likely N-dealkylation sites (N-methyl/N-ethyl adjacent to an activating group) is 1. The van der Waals surface area contributed by atoms with Gasteiger partial charge in [0.05, 0.1) is 29.1 Å². The number of nitriles is 1. The van der Waals surface area contributed by atoms with Crippen molar-refractivity contribution >= 4 is 29.1 Å². The van der Waals surface area contributed by atoms with Crippen molar-refractivity contribution in [3.05, 3.63) is 46.3 Å². The fourth-order valence-corrected chi connectivity index (χ4v) is 6.96. The molecule has 204 valence electrons. The van der Waals surface area contributed by atoms with Crippen LogP contribution in [0.4, 0.5) is 5.82 Å². The summed E-state index contributed by atoms with van der Waals surface area (Å²) in [6.45, 7) is 6.93. The molecule has 0 radical (unpaired) electrons. The molecule has 0 N–H and O–H groups in total. The fraction of sp³-hybridized carbons (Fsp3) is 0.517. The third-order valence-corrected chi connectivity index (χ3v) is 9.33. The van der Waals surface area contributed by atoms with Gasteiger partial charge in [0.25, 0.3) is 0 Å². The van der Waals surface area contributed by atoms with Crippen LogP contribution in [0, 0.1) is 11.3 Å². The number of aromatic nitrogens is 2. The number of fused-ring (bicyclic) bond motifs is 2. The van der Waals surface area contributed by atoms with Gasteiger partial charge in [-0.3, -0.25) is 4.79 Å². The molecule has 3 aliphatic heterocycles. The Morgan fingerprint density at radius 2 is 2.26 bits per heavy atom. The smallest absolute Gasteiger partial charge is 0.318 e. The Labute approximate surface area is 233 Å². The maximum Gasteiger partial charge on any atom is 0.318 e. The Balaban J connectivity index is 1.31. The molecule has 10 heteroatoms. The van der Waals surface area contributed by atoms with E-state index in [1.807, 2.05) is 6.07 Å². The van der Waals surface area contributed by atoms with Gasteiger partial charge in [-0.2, -0.15) is 15.2 Å². The largest absolute Gasteiger partial charge is 0.481 e. The summed E-state index contributed by atoms with van der Waals surface area (Å²) in [6.07, 6.45) is 10.5. The van der Waals surface area contributed by atoms with Gasteiger partial charge in [-0.05, 0) is 69.0 Å². The second-order valence-corrected chi connectivity index (χ2v) is 11.8. The molecule has 2 aromatic heterocycles. The monoisotopic (exact) mass is 546 g/mol. The molecule has 3 atom stereocenters. The Morgan fingerprint density at radius 3 is 3.05 bits per heavy atom. The zero-order chi connectivity index (χ0) is 27.0. The minimum atomic E-state index is -0.436. The predicted octanol–water partition coefficient (Wildman–Crippen LogP) is 3.46. The summed E-state index contributed by atoms with van der Waals surface area (Å²) in [5.74, 6) is 1.65. The standard InChI is InChI=1S/C29H34N6O3S/c1-3-26(36)35-15-14-34(18-20(35)8-12-30)27-22-6-10-29(11-7-25-24(38-29)9-16-39-25)17-23(22)31-28(32-27)37-19-21-5-4-13-33(21)2/h3,7,9,11,16,20-21H,1,4-6,8,10,13-15,17-19H2,2H3. The average Bonchev–Trinajstić information content (AvgIpc) is 3.58. The van der Waals surface area contributed by atoms with E-state index < -0.39 is 5.60 Å². The van der Waals surface area contributed by atoms with Crippen molar-refractivity contribution in [1.82, 2.24) is 19.8 Å². The van der Waals surface area contributed by atoms with E-state index in [0.29, 0.717) is 44.7 Å². The summed E-state index contributed by atoms with van der Waals surface area (Å²) in [7, 11) is 2.13. The van der Waals surface area contributed by atoms with Crippen LogP contribution in [0.15, 0.2) is 30.2 Å². The van der Waals surface area contributed by atoms with Gasteiger partial charge in [-0.1, -0.05) is 6.58 Å². The summed E-state index contributed by atoms with van der Waals surface area (Å²) >= 11 is 1.68. The molecule has 1 spiro atoms. The summed E-state index contributed by atoms with van der Waals surface area (Å²) < 4.78 is 12.8. The molecule has 1 aliphatic carbocycles. The molecule has 5 heterocycles. The van der Waals surface area contributed by atoms with Gasteiger partial charge in [0.15, 0.2) is 0 Å². The first-order chi connectivity index (χ1) is 19.0. The number of likely N-dealkylation sites (tertiary alicyclic amines) is 1. The normalized spacial score (nSPS) is 26.1. The number of carbonyl (C=O) groups excluding carboxylic acids is 1. The molecule has 2 fully saturated rings. The Hall–Kier alpha value is -3.42. The quantitative estimate of drug-likeness (QED) is 0.509. The third kappa shape index (κ3) is 5.01. The Bertz CT molecular complexity index is 1330. The molecule has 3 unspecified atom stereocenters. The van der Waals surface area contributed by atoms with Gasteiger partial charge in [0, 0.05) is 37.7 Å². The lowest BCUT2D eigenvalue weighted by atomic mass is 9.81. The van der Waals surface area contributed by atoms with Crippen LogP contribution in [0.3, 0.4) is 0 Å². The first-order valence-electron chi connectivity index (χ1n) is 13.7. The van der Waals surface area contributed by atoms with Crippen molar-refractivity contribution in [2.75, 3.05) is 44.7 Å². The van der Waals surface area contributed by atoms with Gasteiger partial charge < -0.3 is 24.2 Å². The van der Waals surface area contributed by atoms with Crippen LogP contribution in [0.1, 0.15) is 41.8 Å². The molecule has 2 aromatic rings. The Morgan fingerprint density at radius 1 is 1.36 bits per heavy atom. The van der Waals surface area contributed by atoms with E-state index in [1.165, 1.54) is 12.5 Å². The van der Waals surface area contributed by atoms with E-state index >= 15 is 0 Å². The number of ether oxygens (including phenoxy) is 2. The van der Waals surface area contributed by atoms with Crippen LogP contribution in [-0.2, 0) is 17.6 Å². The topological polar surface area (TPSA) is 94.8 Å². The molecule has 1 amide bonds. The first kappa shape index (κ1) is 25.8. The predicted molar refractivity (Wildman–Crippen MR) is 150 cm³/mol. The van der Waals surface area contributed by atoms with Gasteiger partial charge in [0.1, 0.15) is 23.8 Å². The fourth-order valence-electron chi connectivity index (χ4n) is 6.25. The minimum absolute atomic E-state index is 0.139. The van der Waals surface area contributed by atoms with E-state index in [9.17, 15) is 10.1 Å². The van der Waals surface area contributed by atoms with Crippen LogP contribution in [0.25, 0.3) is 6.08 Å². The number of amides is 1. The highest BCUT2D eigenvalue weighted by molar-refractivity contribution is 7.11. The van der Waals surface area contributed by atoms with Gasteiger partial charge in [-0.25, -0.2) is 0 Å². The van der Waals surface area contributed by atoms with Gasteiger partial charge in [0.2, 0.25) is 5.91 Å². The summed E-state index contributed by atoms with van der Waals surface area (Å²) in [5.41, 5.74) is 1.62. The lowest BCUT2D eigenvalue weighted by molar-refractivity contribution is -0.128. The maximum atomic E-state index is 12.5. The van der Waals surface area contributed by atoms with Gasteiger partial charge in [-0.15, -0.1) is 11.3 Å². The van der Waals surface area contributed by atoms with Gasteiger partial charge >= 0.3 is 6.01 Å². The van der Waals surface area contributed by atoms with E-state index in [1.54, 1.807) is 16.2 Å². The molecule has 0 aromatic carbocycles. The zero-order valence-corrected chi connectivity index (χ0v) is 23.2. The lowest BCUT2D eigenvalue weighted by Crippen LogP contribution is -2.55. The summed E-state index contributed by atoms with van der Waals surface area (Å²) in [6, 6.07) is 4.81. The lowest BCUT2D eigenvalue weighted by Gasteiger charge is -2.43. The number of anilines is 1. The molecule has 2 saturated heterocycles. The average molecular weight is 547 g/mol. The second-order valence-electron chi connectivity index (χ2n) is 10.9. The Kier molecular flexibility index (Phi) is 7.04. The van der Waals surface area contributed by atoms with Crippen LogP contribution in [-0.4, -0.2) is 83.2 Å². The molecule has 0 bridgehead atoms. The molecule has 4 aliphatic rings. The highest BCUT2D eigenvalue weighted by atomic mass is 32.1. The van der Waals surface area contributed by atoms with Crippen LogP contribution in [0.2, 0.25) is 0 Å². The highest BCUT2D eigenvalue weighted by Crippen LogP contribution is 2.43. The molecular weight excluding hydrogens is 512 g/mol. The highest BCUT2D eigenvalue weighted by Gasteiger charge is 2.41. The van der Waals surface area contributed by atoms with Crippen molar-refractivity contribution in [3.8, 4) is 17.8 Å². The minimum Gasteiger partial charge on any atom is -0.481 e. The van der Waals surface area contributed by atoms with E-state index in [4.69, 9.17) is 19.4 Å². The maximum absolute atomic E-state index is 12.5. The number of rotatable bonds is 6. The van der Waals surface area contributed by atoms with Crippen LogP contribution >= 0.6 is 11.3 Å². The van der Waals surface area contributed by atoms with E-state index in [2.05, 4.69) is 47.0 Å². The van der Waals surface area contributed by atoms with E-state index in [-0.39, 0.29) is 18.4 Å². The number of thiophene rings is 1. The van der Waals surface area contributed by atoms with Crippen molar-refractivity contribution in [1.29, 1.82) is 5.26 Å². The van der Waals surface area contributed by atoms with Crippen molar-refractivity contribution in [3.63, 3.8) is 0 Å². The molecule has 39 heavy (non-hydrogen) atoms. The number of hydrogen-bond acceptors (Lipinski definition) is 9. The number of nitrogens with zero attached hydrogens (tertiary/aromatic N) is 6. The molecule has 0 saturated carbocycles. The number of carbonyl (C=O) groups is 1. The molecule has 6 rings (SSSR count). The van der Waals surface area contributed by atoms with Crippen molar-refractivity contribution in [2.45, 2.75) is 56.2 Å². The third-order valence-electron chi connectivity index (χ3n) is 8.47.